The smallest absolute Gasteiger partial charge is 0.418 e. The molecule has 0 aliphatic carbocycles. The molecule has 6 nitrogen and oxygen atoms in total. The molecule has 0 saturated carbocycles. The van der Waals surface area contributed by atoms with E-state index in [1.54, 1.807) is 6.92 Å². The van der Waals surface area contributed by atoms with Crippen LogP contribution in [0, 0.1) is 0 Å². The number of halogens is 3. The Bertz CT molecular complexity index is 678. The van der Waals surface area contributed by atoms with Gasteiger partial charge in [0.1, 0.15) is 11.3 Å². The minimum absolute atomic E-state index is 0.0599. The van der Waals surface area contributed by atoms with Crippen molar-refractivity contribution in [1.82, 2.24) is 0 Å². The van der Waals surface area contributed by atoms with Gasteiger partial charge in [-0.25, -0.2) is 14.4 Å². The Balaban J connectivity index is 3.68. The maximum Gasteiger partial charge on any atom is 0.418 e. The fourth-order valence-electron chi connectivity index (χ4n) is 1.83. The molecule has 0 radical (unpaired) electrons. The van der Waals surface area contributed by atoms with Crippen LogP contribution in [0.4, 0.5) is 18.9 Å². The summed E-state index contributed by atoms with van der Waals surface area (Å²) < 4.78 is 48.8. The first kappa shape index (κ1) is 19.4. The lowest BCUT2D eigenvalue weighted by atomic mass is 10.00. The molecule has 24 heavy (non-hydrogen) atoms. The first-order valence-electron chi connectivity index (χ1n) is 6.94. The van der Waals surface area contributed by atoms with Crippen molar-refractivity contribution < 1.29 is 37.0 Å². The summed E-state index contributed by atoms with van der Waals surface area (Å²) in [7, 11) is 0. The Morgan fingerprint density at radius 2 is 1.83 bits per heavy atom. The van der Waals surface area contributed by atoms with E-state index < -0.39 is 40.5 Å². The number of esters is 2. The Morgan fingerprint density at radius 3 is 2.33 bits per heavy atom. The molecule has 0 aliphatic heterocycles. The number of benzene rings is 1. The van der Waals surface area contributed by atoms with Crippen LogP contribution in [0.5, 0.6) is 0 Å². The molecule has 0 fully saturated rings. The van der Waals surface area contributed by atoms with E-state index in [0.29, 0.717) is 12.5 Å². The lowest BCUT2D eigenvalue weighted by molar-refractivity contribution is -0.137. The average molecular weight is 345 g/mol. The number of carbonyl (C=O) groups excluding carboxylic acids is 3. The van der Waals surface area contributed by atoms with E-state index in [1.165, 1.54) is 6.92 Å². The summed E-state index contributed by atoms with van der Waals surface area (Å²) in [4.78, 5) is 37.5. The van der Waals surface area contributed by atoms with Crippen LogP contribution in [0.1, 0.15) is 46.5 Å². The number of alkyl halides is 3. The highest BCUT2D eigenvalue weighted by atomic mass is 19.4. The predicted octanol–water partition coefficient (Wildman–Crippen LogP) is 3.42. The average Bonchev–Trinajstić information content (AvgIpc) is 2.51. The van der Waals surface area contributed by atoms with Crippen molar-refractivity contribution in [3.8, 4) is 0 Å². The van der Waals surface area contributed by atoms with Gasteiger partial charge in [-0.05, 0) is 25.5 Å². The van der Waals surface area contributed by atoms with Crippen LogP contribution >= 0.6 is 0 Å². The Morgan fingerprint density at radius 1 is 1.17 bits per heavy atom. The largest absolute Gasteiger partial charge is 0.462 e. The SMILES string of the molecule is CCCOC(=O)c1c(C(=O)OCC)ccc(C(F)(F)F)c1N=C=O. The van der Waals surface area contributed by atoms with E-state index >= 15 is 0 Å². The van der Waals surface area contributed by atoms with Crippen LogP contribution in [0.3, 0.4) is 0 Å². The van der Waals surface area contributed by atoms with Crippen LogP contribution in [-0.2, 0) is 20.4 Å². The zero-order chi connectivity index (χ0) is 18.3. The number of ether oxygens (including phenoxy) is 2. The maximum atomic E-state index is 13.1. The quantitative estimate of drug-likeness (QED) is 0.448. The maximum absolute atomic E-state index is 13.1. The number of isocyanates is 1. The zero-order valence-corrected chi connectivity index (χ0v) is 12.9. The van der Waals surface area contributed by atoms with Gasteiger partial charge in [-0.3, -0.25) is 0 Å². The number of carbonyl (C=O) groups is 2. The summed E-state index contributed by atoms with van der Waals surface area (Å²) in [6.07, 6.45) is -3.53. The molecule has 9 heteroatoms. The van der Waals surface area contributed by atoms with Crippen LogP contribution < -0.4 is 0 Å². The van der Waals surface area contributed by atoms with Crippen molar-refractivity contribution in [2.45, 2.75) is 26.4 Å². The molecule has 0 unspecified atom stereocenters. The van der Waals surface area contributed by atoms with Crippen molar-refractivity contribution in [1.29, 1.82) is 0 Å². The predicted molar refractivity (Wildman–Crippen MR) is 75.8 cm³/mol. The Labute approximate surface area is 135 Å². The molecule has 0 saturated heterocycles. The van der Waals surface area contributed by atoms with Gasteiger partial charge in [0, 0.05) is 0 Å². The second-order valence-corrected chi connectivity index (χ2v) is 4.44. The second-order valence-electron chi connectivity index (χ2n) is 4.44. The zero-order valence-electron chi connectivity index (χ0n) is 12.9. The summed E-state index contributed by atoms with van der Waals surface area (Å²) in [5, 5.41) is 0. The molecule has 0 N–H and O–H groups in total. The molecular formula is C15H14F3NO5. The number of hydrogen-bond donors (Lipinski definition) is 0. The van der Waals surface area contributed by atoms with Gasteiger partial charge in [0.05, 0.1) is 24.3 Å². The van der Waals surface area contributed by atoms with E-state index in [-0.39, 0.29) is 13.2 Å². The van der Waals surface area contributed by atoms with Gasteiger partial charge < -0.3 is 9.47 Å². The van der Waals surface area contributed by atoms with Gasteiger partial charge in [0.15, 0.2) is 0 Å². The fraction of sp³-hybridized carbons (Fsp3) is 0.400. The van der Waals surface area contributed by atoms with E-state index in [1.807, 2.05) is 0 Å². The summed E-state index contributed by atoms with van der Waals surface area (Å²) >= 11 is 0. The summed E-state index contributed by atoms with van der Waals surface area (Å²) in [6.45, 7) is 3.02. The van der Waals surface area contributed by atoms with Gasteiger partial charge in [-0.15, -0.1) is 0 Å². The lowest BCUT2D eigenvalue weighted by Crippen LogP contribution is -2.17. The molecule has 0 spiro atoms. The van der Waals surface area contributed by atoms with E-state index in [2.05, 4.69) is 4.99 Å². The number of hydrogen-bond acceptors (Lipinski definition) is 6. The van der Waals surface area contributed by atoms with E-state index in [4.69, 9.17) is 9.47 Å². The Hall–Kier alpha value is -2.67. The summed E-state index contributed by atoms with van der Waals surface area (Å²) in [5.41, 5.74) is -3.63. The molecule has 1 aromatic carbocycles. The van der Waals surface area contributed by atoms with Gasteiger partial charge >= 0.3 is 18.1 Å². The minimum atomic E-state index is -4.90. The van der Waals surface area contributed by atoms with Gasteiger partial charge in [0.2, 0.25) is 6.08 Å². The number of aliphatic imine (C=N–C) groups is 1. The first-order valence-corrected chi connectivity index (χ1v) is 6.94. The normalized spacial score (nSPS) is 10.7. The molecule has 0 bridgehead atoms. The second kappa shape index (κ2) is 8.26. The van der Waals surface area contributed by atoms with Crippen molar-refractivity contribution in [2.24, 2.45) is 4.99 Å². The molecule has 0 aliphatic rings. The summed E-state index contributed by atoms with van der Waals surface area (Å²) in [6, 6.07) is 1.33. The first-order chi connectivity index (χ1) is 11.3. The van der Waals surface area contributed by atoms with Gasteiger partial charge in [-0.2, -0.15) is 18.2 Å². The standard InChI is InChI=1S/C15H14F3NO5/c1-3-7-24-14(22)11-9(13(21)23-4-2)5-6-10(15(16,17)18)12(11)19-8-20/h5-6H,3-4,7H2,1-2H3. The van der Waals surface area contributed by atoms with Crippen LogP contribution in [0.2, 0.25) is 0 Å². The third-order valence-corrected chi connectivity index (χ3v) is 2.78. The molecule has 0 aromatic heterocycles. The molecule has 0 amide bonds. The van der Waals surface area contributed by atoms with Crippen LogP contribution in [-0.4, -0.2) is 31.2 Å². The number of nitrogens with zero attached hydrogens (tertiary/aromatic N) is 1. The van der Waals surface area contributed by atoms with Crippen LogP contribution in [0.15, 0.2) is 17.1 Å². The highest BCUT2D eigenvalue weighted by Gasteiger charge is 2.38. The van der Waals surface area contributed by atoms with E-state index in [0.717, 1.165) is 12.1 Å². The van der Waals surface area contributed by atoms with Crippen molar-refractivity contribution in [3.63, 3.8) is 0 Å². The lowest BCUT2D eigenvalue weighted by Gasteiger charge is -2.15. The molecular weight excluding hydrogens is 331 g/mol. The van der Waals surface area contributed by atoms with Gasteiger partial charge in [-0.1, -0.05) is 6.92 Å². The Kier molecular flexibility index (Phi) is 6.67. The molecule has 1 rings (SSSR count). The van der Waals surface area contributed by atoms with Gasteiger partial charge in [0.25, 0.3) is 0 Å². The van der Waals surface area contributed by atoms with Crippen LogP contribution in [0.25, 0.3) is 0 Å². The van der Waals surface area contributed by atoms with Crippen molar-refractivity contribution >= 4 is 23.7 Å². The molecule has 0 atom stereocenters. The third kappa shape index (κ3) is 4.42. The highest BCUT2D eigenvalue weighted by Crippen LogP contribution is 2.40. The molecule has 0 heterocycles. The third-order valence-electron chi connectivity index (χ3n) is 2.78. The topological polar surface area (TPSA) is 82.0 Å². The van der Waals surface area contributed by atoms with Crippen molar-refractivity contribution in [3.05, 3.63) is 28.8 Å². The fourth-order valence-corrected chi connectivity index (χ4v) is 1.83. The number of rotatable bonds is 6. The highest BCUT2D eigenvalue weighted by molar-refractivity contribution is 6.07. The molecule has 1 aromatic rings. The summed E-state index contributed by atoms with van der Waals surface area (Å²) in [5.74, 6) is -2.24. The van der Waals surface area contributed by atoms with E-state index in [9.17, 15) is 27.6 Å². The monoisotopic (exact) mass is 345 g/mol. The van der Waals surface area contributed by atoms with Crippen molar-refractivity contribution in [2.75, 3.05) is 13.2 Å². The molecule has 130 valence electrons. The minimum Gasteiger partial charge on any atom is -0.462 e.